The highest BCUT2D eigenvalue weighted by Crippen LogP contribution is 2.31. The Morgan fingerprint density at radius 3 is 2.88 bits per heavy atom. The third-order valence-corrected chi connectivity index (χ3v) is 4.92. The van der Waals surface area contributed by atoms with E-state index in [-0.39, 0.29) is 11.8 Å². The Morgan fingerprint density at radius 2 is 2.04 bits per heavy atom. The van der Waals surface area contributed by atoms with Crippen LogP contribution in [0.4, 0.5) is 0 Å². The van der Waals surface area contributed by atoms with Crippen molar-refractivity contribution in [1.82, 2.24) is 24.6 Å². The molecule has 0 spiro atoms. The zero-order chi connectivity index (χ0) is 18.1. The summed E-state index contributed by atoms with van der Waals surface area (Å²) in [5, 5.41) is 4.64. The van der Waals surface area contributed by atoms with Crippen molar-refractivity contribution in [2.75, 3.05) is 20.2 Å². The van der Waals surface area contributed by atoms with Gasteiger partial charge < -0.3 is 9.64 Å². The Morgan fingerprint density at radius 1 is 1.23 bits per heavy atom. The van der Waals surface area contributed by atoms with Crippen LogP contribution in [0.1, 0.15) is 34.8 Å². The van der Waals surface area contributed by atoms with Crippen molar-refractivity contribution in [1.29, 1.82) is 0 Å². The van der Waals surface area contributed by atoms with Gasteiger partial charge in [0.15, 0.2) is 5.65 Å². The van der Waals surface area contributed by atoms with Crippen molar-refractivity contribution in [2.24, 2.45) is 7.05 Å². The zero-order valence-corrected chi connectivity index (χ0v) is 14.9. The highest BCUT2D eigenvalue weighted by molar-refractivity contribution is 5.97. The van der Waals surface area contributed by atoms with Gasteiger partial charge in [-0.15, -0.1) is 0 Å². The number of piperidine rings is 1. The molecule has 7 nitrogen and oxygen atoms in total. The summed E-state index contributed by atoms with van der Waals surface area (Å²) in [5.41, 5.74) is 3.12. The van der Waals surface area contributed by atoms with E-state index in [4.69, 9.17) is 4.74 Å². The summed E-state index contributed by atoms with van der Waals surface area (Å²) in [6, 6.07) is 7.36. The first kappa shape index (κ1) is 16.5. The number of carbonyl (C=O) groups excluding carboxylic acids is 1. The fraction of sp³-hybridized carbons (Fsp3) is 0.368. The number of rotatable bonds is 3. The van der Waals surface area contributed by atoms with Gasteiger partial charge in [0.1, 0.15) is 11.3 Å². The lowest BCUT2D eigenvalue weighted by atomic mass is 9.93. The fourth-order valence-electron chi connectivity index (χ4n) is 3.66. The van der Waals surface area contributed by atoms with E-state index in [2.05, 4.69) is 15.1 Å². The van der Waals surface area contributed by atoms with Crippen LogP contribution in [0, 0.1) is 0 Å². The molecule has 0 saturated carbocycles. The minimum absolute atomic E-state index is 0.00142. The number of ether oxygens (including phenoxy) is 1. The molecule has 1 saturated heterocycles. The molecule has 0 unspecified atom stereocenters. The first-order chi connectivity index (χ1) is 12.7. The molecule has 1 amide bonds. The summed E-state index contributed by atoms with van der Waals surface area (Å²) in [4.78, 5) is 23.7. The second kappa shape index (κ2) is 6.74. The van der Waals surface area contributed by atoms with Crippen LogP contribution in [0.25, 0.3) is 11.2 Å². The third kappa shape index (κ3) is 2.79. The van der Waals surface area contributed by atoms with Crippen molar-refractivity contribution >= 4 is 17.1 Å². The van der Waals surface area contributed by atoms with E-state index in [1.807, 2.05) is 36.2 Å². The third-order valence-electron chi connectivity index (χ3n) is 4.92. The molecule has 3 aromatic rings. The van der Waals surface area contributed by atoms with Crippen LogP contribution in [-0.2, 0) is 7.05 Å². The lowest BCUT2D eigenvalue weighted by Gasteiger charge is -2.32. The average Bonchev–Trinajstić information content (AvgIpc) is 3.04. The minimum Gasteiger partial charge on any atom is -0.496 e. The van der Waals surface area contributed by atoms with E-state index in [0.717, 1.165) is 36.2 Å². The SMILES string of the molecule is COc1ccccc1C(=O)N1CCC[C@@H](c2nn(C)c3nccnc23)C1. The van der Waals surface area contributed by atoms with Crippen molar-refractivity contribution in [3.63, 3.8) is 0 Å². The average molecular weight is 351 g/mol. The van der Waals surface area contributed by atoms with Crippen LogP contribution in [0.3, 0.4) is 0 Å². The highest BCUT2D eigenvalue weighted by atomic mass is 16.5. The van der Waals surface area contributed by atoms with Gasteiger partial charge in [-0.25, -0.2) is 14.6 Å². The minimum atomic E-state index is -0.00142. The normalized spacial score (nSPS) is 17.5. The summed E-state index contributed by atoms with van der Waals surface area (Å²) in [6.45, 7) is 1.36. The number of aromatic nitrogens is 4. The molecule has 1 fully saturated rings. The number of fused-ring (bicyclic) bond motifs is 1. The number of carbonyl (C=O) groups is 1. The lowest BCUT2D eigenvalue weighted by Crippen LogP contribution is -2.39. The Labute approximate surface area is 151 Å². The summed E-state index contributed by atoms with van der Waals surface area (Å²) in [7, 11) is 3.46. The van der Waals surface area contributed by atoms with Crippen LogP contribution in [-0.4, -0.2) is 50.8 Å². The zero-order valence-electron chi connectivity index (χ0n) is 14.9. The van der Waals surface area contributed by atoms with Crippen LogP contribution < -0.4 is 4.74 Å². The van der Waals surface area contributed by atoms with Gasteiger partial charge >= 0.3 is 0 Å². The summed E-state index contributed by atoms with van der Waals surface area (Å²) in [6.07, 6.45) is 5.28. The van der Waals surface area contributed by atoms with Gasteiger partial charge in [-0.2, -0.15) is 5.10 Å². The predicted octanol–water partition coefficient (Wildman–Crippen LogP) is 2.39. The van der Waals surface area contributed by atoms with E-state index in [1.165, 1.54) is 0 Å². The molecule has 1 atom stereocenters. The Hall–Kier alpha value is -2.96. The largest absolute Gasteiger partial charge is 0.496 e. The molecular weight excluding hydrogens is 330 g/mol. The molecule has 4 rings (SSSR count). The molecule has 3 heterocycles. The van der Waals surface area contributed by atoms with Gasteiger partial charge in [0, 0.05) is 38.4 Å². The molecule has 0 bridgehead atoms. The van der Waals surface area contributed by atoms with Crippen molar-refractivity contribution < 1.29 is 9.53 Å². The Bertz CT molecular complexity index is 952. The Kier molecular flexibility index (Phi) is 4.28. The van der Waals surface area contributed by atoms with Crippen LogP contribution in [0.2, 0.25) is 0 Å². The highest BCUT2D eigenvalue weighted by Gasteiger charge is 2.30. The summed E-state index contributed by atoms with van der Waals surface area (Å²) < 4.78 is 7.11. The van der Waals surface area contributed by atoms with Gasteiger partial charge in [-0.05, 0) is 25.0 Å². The number of hydrogen-bond donors (Lipinski definition) is 0. The monoisotopic (exact) mass is 351 g/mol. The number of amides is 1. The smallest absolute Gasteiger partial charge is 0.257 e. The first-order valence-corrected chi connectivity index (χ1v) is 8.75. The fourth-order valence-corrected chi connectivity index (χ4v) is 3.66. The van der Waals surface area contributed by atoms with Crippen LogP contribution in [0.15, 0.2) is 36.7 Å². The Balaban J connectivity index is 1.62. The molecule has 0 radical (unpaired) electrons. The number of aryl methyl sites for hydroxylation is 1. The van der Waals surface area contributed by atoms with Crippen molar-refractivity contribution in [2.45, 2.75) is 18.8 Å². The quantitative estimate of drug-likeness (QED) is 0.724. The standard InChI is InChI=1S/C19H21N5O2/c1-23-18-17(20-9-10-21-18)16(22-23)13-6-5-11-24(12-13)19(25)14-7-3-4-8-15(14)26-2/h3-4,7-10,13H,5-6,11-12H2,1-2H3/t13-/m1/s1. The van der Waals surface area contributed by atoms with Gasteiger partial charge in [0.2, 0.25) is 0 Å². The molecule has 26 heavy (non-hydrogen) atoms. The van der Waals surface area contributed by atoms with E-state index < -0.39 is 0 Å². The van der Waals surface area contributed by atoms with Crippen LogP contribution >= 0.6 is 0 Å². The van der Waals surface area contributed by atoms with E-state index in [1.54, 1.807) is 24.2 Å². The summed E-state index contributed by atoms with van der Waals surface area (Å²) in [5.74, 6) is 0.759. The van der Waals surface area contributed by atoms with E-state index >= 15 is 0 Å². The molecule has 1 aliphatic rings. The molecule has 1 aliphatic heterocycles. The first-order valence-electron chi connectivity index (χ1n) is 8.75. The second-order valence-electron chi connectivity index (χ2n) is 6.53. The number of para-hydroxylation sites is 1. The second-order valence-corrected chi connectivity index (χ2v) is 6.53. The van der Waals surface area contributed by atoms with E-state index in [0.29, 0.717) is 17.9 Å². The number of likely N-dealkylation sites (tertiary alicyclic amines) is 1. The molecule has 7 heteroatoms. The number of hydrogen-bond acceptors (Lipinski definition) is 5. The maximum atomic E-state index is 13.0. The molecule has 1 aromatic carbocycles. The predicted molar refractivity (Wildman–Crippen MR) is 97.2 cm³/mol. The molecule has 0 N–H and O–H groups in total. The number of benzene rings is 1. The lowest BCUT2D eigenvalue weighted by molar-refractivity contribution is 0.0702. The van der Waals surface area contributed by atoms with Gasteiger partial charge in [0.25, 0.3) is 5.91 Å². The van der Waals surface area contributed by atoms with Crippen LogP contribution in [0.5, 0.6) is 5.75 Å². The molecular formula is C19H21N5O2. The maximum Gasteiger partial charge on any atom is 0.257 e. The van der Waals surface area contributed by atoms with Gasteiger partial charge in [0.05, 0.1) is 18.4 Å². The van der Waals surface area contributed by atoms with Gasteiger partial charge in [-0.3, -0.25) is 4.79 Å². The molecule has 0 aliphatic carbocycles. The topological polar surface area (TPSA) is 73.1 Å². The molecule has 134 valence electrons. The summed E-state index contributed by atoms with van der Waals surface area (Å²) >= 11 is 0. The van der Waals surface area contributed by atoms with E-state index in [9.17, 15) is 4.79 Å². The maximum absolute atomic E-state index is 13.0. The van der Waals surface area contributed by atoms with Crippen molar-refractivity contribution in [3.05, 3.63) is 47.9 Å². The van der Waals surface area contributed by atoms with Gasteiger partial charge in [-0.1, -0.05) is 12.1 Å². The van der Waals surface area contributed by atoms with Crippen molar-refractivity contribution in [3.8, 4) is 5.75 Å². The molecule has 2 aromatic heterocycles. The number of methoxy groups -OCH3 is 1. The number of nitrogens with zero attached hydrogens (tertiary/aromatic N) is 5.